The van der Waals surface area contributed by atoms with Crippen LogP contribution in [0.4, 0.5) is 10.1 Å². The number of nitrogens with one attached hydrogen (secondary N) is 1. The predicted octanol–water partition coefficient (Wildman–Crippen LogP) is 4.67. The van der Waals surface area contributed by atoms with Crippen LogP contribution in [-0.4, -0.2) is 22.8 Å². The Bertz CT molecular complexity index is 1080. The number of halogens is 2. The topological polar surface area (TPSA) is 83.5 Å². The Morgan fingerprint density at radius 1 is 0.893 bits per heavy atom. The van der Waals surface area contributed by atoms with Crippen LogP contribution in [-0.2, 0) is 4.79 Å². The highest BCUT2D eigenvalue weighted by molar-refractivity contribution is 6.41. The molecule has 1 amide bonds. The standard InChI is InChI=1S/C21H13ClFNO4/c22-15-3-1-2-13(10-15)14-6-9-17(19(25)21(27)28)18(11-14)24-20(26)12-4-7-16(23)8-5-12/h1-11H,(H,24,26)(H,27,28). The molecule has 0 bridgehead atoms. The third-order valence-corrected chi connectivity index (χ3v) is 4.21. The van der Waals surface area contributed by atoms with E-state index in [0.29, 0.717) is 10.6 Å². The molecule has 0 spiro atoms. The first-order chi connectivity index (χ1) is 13.3. The van der Waals surface area contributed by atoms with Gasteiger partial charge in [-0.25, -0.2) is 9.18 Å². The molecule has 7 heteroatoms. The highest BCUT2D eigenvalue weighted by atomic mass is 35.5. The molecule has 0 radical (unpaired) electrons. The molecule has 0 aliphatic rings. The van der Waals surface area contributed by atoms with Gasteiger partial charge in [-0.3, -0.25) is 9.59 Å². The van der Waals surface area contributed by atoms with Crippen molar-refractivity contribution in [3.05, 3.63) is 88.7 Å². The lowest BCUT2D eigenvalue weighted by atomic mass is 10.00. The molecule has 0 aromatic heterocycles. The van der Waals surface area contributed by atoms with E-state index in [1.807, 2.05) is 0 Å². The summed E-state index contributed by atoms with van der Waals surface area (Å²) in [5, 5.41) is 12.1. The summed E-state index contributed by atoms with van der Waals surface area (Å²) in [6.45, 7) is 0. The highest BCUT2D eigenvalue weighted by Crippen LogP contribution is 2.28. The van der Waals surface area contributed by atoms with Crippen molar-refractivity contribution in [1.82, 2.24) is 0 Å². The van der Waals surface area contributed by atoms with Gasteiger partial charge in [-0.2, -0.15) is 0 Å². The van der Waals surface area contributed by atoms with Crippen molar-refractivity contribution in [2.24, 2.45) is 0 Å². The van der Waals surface area contributed by atoms with Crippen LogP contribution in [0.3, 0.4) is 0 Å². The number of hydrogen-bond acceptors (Lipinski definition) is 3. The molecule has 0 heterocycles. The highest BCUT2D eigenvalue weighted by Gasteiger charge is 2.21. The van der Waals surface area contributed by atoms with E-state index in [2.05, 4.69) is 5.32 Å². The van der Waals surface area contributed by atoms with E-state index in [1.54, 1.807) is 30.3 Å². The molecule has 3 aromatic rings. The van der Waals surface area contributed by atoms with Crippen LogP contribution >= 0.6 is 11.6 Å². The van der Waals surface area contributed by atoms with Crippen molar-refractivity contribution in [2.75, 3.05) is 5.32 Å². The summed E-state index contributed by atoms with van der Waals surface area (Å²) < 4.78 is 13.1. The quantitative estimate of drug-likeness (QED) is 0.484. The van der Waals surface area contributed by atoms with Crippen LogP contribution < -0.4 is 5.32 Å². The number of aliphatic carboxylic acids is 1. The molecular weight excluding hydrogens is 385 g/mol. The number of benzene rings is 3. The Hall–Kier alpha value is -3.51. The Morgan fingerprint density at radius 3 is 2.21 bits per heavy atom. The third kappa shape index (κ3) is 4.24. The van der Waals surface area contributed by atoms with Gasteiger partial charge in [-0.1, -0.05) is 29.8 Å². The Balaban J connectivity index is 2.03. The van der Waals surface area contributed by atoms with Crippen LogP contribution in [0.15, 0.2) is 66.7 Å². The SMILES string of the molecule is O=C(O)C(=O)c1ccc(-c2cccc(Cl)c2)cc1NC(=O)c1ccc(F)cc1. The zero-order valence-corrected chi connectivity index (χ0v) is 15.0. The predicted molar refractivity (Wildman–Crippen MR) is 103 cm³/mol. The molecule has 0 unspecified atom stereocenters. The van der Waals surface area contributed by atoms with E-state index >= 15 is 0 Å². The van der Waals surface area contributed by atoms with Gasteiger partial charge in [0.05, 0.1) is 11.3 Å². The summed E-state index contributed by atoms with van der Waals surface area (Å²) in [4.78, 5) is 35.6. The molecule has 0 saturated carbocycles. The van der Waals surface area contributed by atoms with E-state index in [-0.39, 0.29) is 16.8 Å². The number of anilines is 1. The minimum Gasteiger partial charge on any atom is -0.475 e. The van der Waals surface area contributed by atoms with Crippen molar-refractivity contribution in [3.8, 4) is 11.1 Å². The van der Waals surface area contributed by atoms with E-state index < -0.39 is 23.5 Å². The van der Waals surface area contributed by atoms with E-state index in [0.717, 1.165) is 17.7 Å². The Kier molecular flexibility index (Phi) is 5.52. The van der Waals surface area contributed by atoms with Gasteiger partial charge in [0.15, 0.2) is 0 Å². The van der Waals surface area contributed by atoms with Crippen LogP contribution in [0.5, 0.6) is 0 Å². The van der Waals surface area contributed by atoms with Crippen molar-refractivity contribution < 1.29 is 23.9 Å². The molecule has 0 aliphatic heterocycles. The van der Waals surface area contributed by atoms with Crippen LogP contribution in [0.2, 0.25) is 5.02 Å². The average molecular weight is 398 g/mol. The number of carboxylic acid groups (broad SMARTS) is 1. The summed E-state index contributed by atoms with van der Waals surface area (Å²) >= 11 is 6.00. The number of amides is 1. The van der Waals surface area contributed by atoms with Crippen molar-refractivity contribution in [2.45, 2.75) is 0 Å². The van der Waals surface area contributed by atoms with E-state index in [9.17, 15) is 18.8 Å². The van der Waals surface area contributed by atoms with Crippen LogP contribution in [0.25, 0.3) is 11.1 Å². The maximum Gasteiger partial charge on any atom is 0.377 e. The van der Waals surface area contributed by atoms with Crippen molar-refractivity contribution in [3.63, 3.8) is 0 Å². The number of hydrogen-bond donors (Lipinski definition) is 2. The molecular formula is C21H13ClFNO4. The number of ketones is 1. The van der Waals surface area contributed by atoms with Crippen LogP contribution in [0.1, 0.15) is 20.7 Å². The molecule has 0 saturated heterocycles. The van der Waals surface area contributed by atoms with Gasteiger partial charge in [-0.15, -0.1) is 0 Å². The zero-order valence-electron chi connectivity index (χ0n) is 14.3. The summed E-state index contributed by atoms with van der Waals surface area (Å²) in [6.07, 6.45) is 0. The molecule has 0 fully saturated rings. The maximum atomic E-state index is 13.1. The first-order valence-electron chi connectivity index (χ1n) is 8.09. The first kappa shape index (κ1) is 19.3. The molecule has 0 atom stereocenters. The third-order valence-electron chi connectivity index (χ3n) is 3.97. The average Bonchev–Trinajstić information content (AvgIpc) is 2.67. The molecule has 3 aromatic carbocycles. The Morgan fingerprint density at radius 2 is 1.57 bits per heavy atom. The first-order valence-corrected chi connectivity index (χ1v) is 8.47. The molecule has 0 aliphatic carbocycles. The maximum absolute atomic E-state index is 13.1. The van der Waals surface area contributed by atoms with E-state index in [4.69, 9.17) is 16.7 Å². The lowest BCUT2D eigenvalue weighted by Crippen LogP contribution is -2.18. The van der Waals surface area contributed by atoms with Gasteiger partial charge in [0.1, 0.15) is 5.82 Å². The molecule has 3 rings (SSSR count). The van der Waals surface area contributed by atoms with Gasteiger partial charge in [0, 0.05) is 10.6 Å². The summed E-state index contributed by atoms with van der Waals surface area (Å²) in [6, 6.07) is 16.1. The van der Waals surface area contributed by atoms with Crippen molar-refractivity contribution >= 4 is 34.9 Å². The van der Waals surface area contributed by atoms with Gasteiger partial charge >= 0.3 is 5.97 Å². The van der Waals surface area contributed by atoms with Gasteiger partial charge in [-0.05, 0) is 59.7 Å². The van der Waals surface area contributed by atoms with Crippen molar-refractivity contribution in [1.29, 1.82) is 0 Å². The number of rotatable bonds is 5. The summed E-state index contributed by atoms with van der Waals surface area (Å²) in [7, 11) is 0. The van der Waals surface area contributed by atoms with E-state index in [1.165, 1.54) is 24.3 Å². The second kappa shape index (κ2) is 8.02. The molecule has 140 valence electrons. The fourth-order valence-electron chi connectivity index (χ4n) is 2.60. The molecule has 2 N–H and O–H groups in total. The molecule has 28 heavy (non-hydrogen) atoms. The largest absolute Gasteiger partial charge is 0.475 e. The fraction of sp³-hybridized carbons (Fsp3) is 0. The minimum absolute atomic E-state index is 0.0270. The van der Waals surface area contributed by atoms with Gasteiger partial charge in [0.2, 0.25) is 0 Å². The number of carbonyl (C=O) groups is 3. The summed E-state index contributed by atoms with van der Waals surface area (Å²) in [5.74, 6) is -3.91. The lowest BCUT2D eigenvalue weighted by Gasteiger charge is -2.12. The Labute approximate surface area is 164 Å². The monoisotopic (exact) mass is 397 g/mol. The zero-order chi connectivity index (χ0) is 20.3. The number of Topliss-reactive ketones (excluding diaryl/α,β-unsaturated/α-hetero) is 1. The van der Waals surface area contributed by atoms with Gasteiger partial charge in [0.25, 0.3) is 11.7 Å². The normalized spacial score (nSPS) is 10.4. The number of carboxylic acids is 1. The molecule has 5 nitrogen and oxygen atoms in total. The minimum atomic E-state index is -1.65. The van der Waals surface area contributed by atoms with Crippen LogP contribution in [0, 0.1) is 5.82 Å². The second-order valence-electron chi connectivity index (χ2n) is 5.87. The summed E-state index contributed by atoms with van der Waals surface area (Å²) in [5.41, 5.74) is 1.36. The lowest BCUT2D eigenvalue weighted by molar-refractivity contribution is -0.131. The second-order valence-corrected chi connectivity index (χ2v) is 6.30. The smallest absolute Gasteiger partial charge is 0.377 e. The number of carbonyl (C=O) groups excluding carboxylic acids is 2. The van der Waals surface area contributed by atoms with Gasteiger partial charge < -0.3 is 10.4 Å². The fourth-order valence-corrected chi connectivity index (χ4v) is 2.79.